The number of para-hydroxylation sites is 1. The highest BCUT2D eigenvalue weighted by molar-refractivity contribution is 7.19. The Kier molecular flexibility index (Phi) is 5.23. The first kappa shape index (κ1) is 16.2. The van der Waals surface area contributed by atoms with Crippen molar-refractivity contribution in [1.29, 1.82) is 0 Å². The smallest absolute Gasteiger partial charge is 0.244 e. The normalized spacial score (nSPS) is 11.0. The van der Waals surface area contributed by atoms with Crippen LogP contribution in [0.5, 0.6) is 5.75 Å². The topological polar surface area (TPSA) is 51.2 Å². The van der Waals surface area contributed by atoms with E-state index in [9.17, 15) is 4.79 Å². The predicted octanol–water partition coefficient (Wildman–Crippen LogP) is 3.81. The summed E-state index contributed by atoms with van der Waals surface area (Å²) < 4.78 is 6.68. The maximum absolute atomic E-state index is 11.8. The number of amides is 1. The van der Waals surface area contributed by atoms with E-state index in [0.717, 1.165) is 21.0 Å². The molecular formula is C19H18N2O2S. The van der Waals surface area contributed by atoms with Gasteiger partial charge in [-0.2, -0.15) is 0 Å². The van der Waals surface area contributed by atoms with Crippen LogP contribution in [0.25, 0.3) is 16.3 Å². The molecule has 1 N–H and O–H groups in total. The minimum absolute atomic E-state index is 0.151. The lowest BCUT2D eigenvalue weighted by Gasteiger charge is -2.06. The SMILES string of the molecule is Cc1ccc(OCCNC(=O)C=Cc2nc3ccccc3s2)cc1. The van der Waals surface area contributed by atoms with Gasteiger partial charge in [-0.1, -0.05) is 29.8 Å². The molecule has 0 unspecified atom stereocenters. The van der Waals surface area contributed by atoms with Crippen LogP contribution in [0.1, 0.15) is 10.6 Å². The second-order valence-electron chi connectivity index (χ2n) is 5.31. The molecule has 24 heavy (non-hydrogen) atoms. The minimum atomic E-state index is -0.151. The highest BCUT2D eigenvalue weighted by Crippen LogP contribution is 2.22. The highest BCUT2D eigenvalue weighted by Gasteiger charge is 2.01. The van der Waals surface area contributed by atoms with Crippen LogP contribution < -0.4 is 10.1 Å². The Morgan fingerprint density at radius 2 is 2.00 bits per heavy atom. The van der Waals surface area contributed by atoms with Crippen LogP contribution in [-0.4, -0.2) is 24.0 Å². The Balaban J connectivity index is 1.44. The molecule has 0 aliphatic rings. The maximum Gasteiger partial charge on any atom is 0.244 e. The summed E-state index contributed by atoms with van der Waals surface area (Å²) in [7, 11) is 0. The fraction of sp³-hybridized carbons (Fsp3) is 0.158. The maximum atomic E-state index is 11.8. The van der Waals surface area contributed by atoms with Crippen molar-refractivity contribution in [2.75, 3.05) is 13.2 Å². The third-order valence-corrected chi connectivity index (χ3v) is 4.38. The van der Waals surface area contributed by atoms with Crippen LogP contribution in [0, 0.1) is 6.92 Å². The lowest BCUT2D eigenvalue weighted by molar-refractivity contribution is -0.116. The number of nitrogens with zero attached hydrogens (tertiary/aromatic N) is 1. The molecule has 3 aromatic rings. The largest absolute Gasteiger partial charge is 0.492 e. The lowest BCUT2D eigenvalue weighted by Crippen LogP contribution is -2.26. The molecule has 3 rings (SSSR count). The average Bonchev–Trinajstić information content (AvgIpc) is 3.01. The number of aryl methyl sites for hydroxylation is 1. The number of hydrogen-bond donors (Lipinski definition) is 1. The molecule has 1 amide bonds. The summed E-state index contributed by atoms with van der Waals surface area (Å²) in [5.41, 5.74) is 2.14. The van der Waals surface area contributed by atoms with Crippen molar-refractivity contribution in [3.8, 4) is 5.75 Å². The van der Waals surface area contributed by atoms with Crippen LogP contribution in [0.4, 0.5) is 0 Å². The molecule has 2 aromatic carbocycles. The molecule has 0 aliphatic carbocycles. The van der Waals surface area contributed by atoms with Crippen molar-refractivity contribution in [3.05, 3.63) is 65.2 Å². The molecule has 0 saturated carbocycles. The zero-order valence-electron chi connectivity index (χ0n) is 13.4. The van der Waals surface area contributed by atoms with Crippen LogP contribution >= 0.6 is 11.3 Å². The number of carbonyl (C=O) groups excluding carboxylic acids is 1. The van der Waals surface area contributed by atoms with E-state index in [1.54, 1.807) is 17.4 Å². The van der Waals surface area contributed by atoms with Gasteiger partial charge in [0.1, 0.15) is 17.4 Å². The van der Waals surface area contributed by atoms with Gasteiger partial charge < -0.3 is 10.1 Å². The van der Waals surface area contributed by atoms with Gasteiger partial charge in [-0.15, -0.1) is 11.3 Å². The summed E-state index contributed by atoms with van der Waals surface area (Å²) >= 11 is 1.56. The average molecular weight is 338 g/mol. The molecule has 0 bridgehead atoms. The summed E-state index contributed by atoms with van der Waals surface area (Å²) in [5, 5.41) is 3.62. The summed E-state index contributed by atoms with van der Waals surface area (Å²) in [6, 6.07) is 15.8. The number of rotatable bonds is 6. The molecule has 0 aliphatic heterocycles. The predicted molar refractivity (Wildman–Crippen MR) is 98.3 cm³/mol. The van der Waals surface area contributed by atoms with Gasteiger partial charge in [0.25, 0.3) is 0 Å². The first-order valence-electron chi connectivity index (χ1n) is 7.72. The number of fused-ring (bicyclic) bond motifs is 1. The van der Waals surface area contributed by atoms with Gasteiger partial charge in [-0.25, -0.2) is 4.98 Å². The zero-order valence-corrected chi connectivity index (χ0v) is 14.2. The van der Waals surface area contributed by atoms with E-state index >= 15 is 0 Å². The van der Waals surface area contributed by atoms with Crippen molar-refractivity contribution in [2.24, 2.45) is 0 Å². The third kappa shape index (κ3) is 4.43. The Morgan fingerprint density at radius 1 is 1.21 bits per heavy atom. The van der Waals surface area contributed by atoms with Gasteiger partial charge >= 0.3 is 0 Å². The Bertz CT molecular complexity index is 820. The second-order valence-corrected chi connectivity index (χ2v) is 6.37. The van der Waals surface area contributed by atoms with E-state index in [2.05, 4.69) is 10.3 Å². The number of aromatic nitrogens is 1. The van der Waals surface area contributed by atoms with Crippen LogP contribution in [-0.2, 0) is 4.79 Å². The van der Waals surface area contributed by atoms with Gasteiger partial charge in [0.05, 0.1) is 16.8 Å². The summed E-state index contributed by atoms with van der Waals surface area (Å²) in [4.78, 5) is 16.3. The molecule has 4 nitrogen and oxygen atoms in total. The number of ether oxygens (including phenoxy) is 1. The minimum Gasteiger partial charge on any atom is -0.492 e. The van der Waals surface area contributed by atoms with E-state index < -0.39 is 0 Å². The van der Waals surface area contributed by atoms with Gasteiger partial charge in [0, 0.05) is 6.08 Å². The molecule has 122 valence electrons. The van der Waals surface area contributed by atoms with Crippen molar-refractivity contribution < 1.29 is 9.53 Å². The van der Waals surface area contributed by atoms with Crippen molar-refractivity contribution >= 4 is 33.5 Å². The first-order chi connectivity index (χ1) is 11.7. The Morgan fingerprint density at radius 3 is 2.79 bits per heavy atom. The molecular weight excluding hydrogens is 320 g/mol. The van der Waals surface area contributed by atoms with Gasteiger partial charge in [0.15, 0.2) is 0 Å². The van der Waals surface area contributed by atoms with Crippen LogP contribution in [0.2, 0.25) is 0 Å². The van der Waals surface area contributed by atoms with Gasteiger partial charge in [-0.3, -0.25) is 4.79 Å². The third-order valence-electron chi connectivity index (χ3n) is 3.38. The standard InChI is InChI=1S/C19H18N2O2S/c1-14-6-8-15(9-7-14)23-13-12-20-18(22)10-11-19-21-16-4-2-3-5-17(16)24-19/h2-11H,12-13H2,1H3,(H,20,22). The molecule has 5 heteroatoms. The lowest BCUT2D eigenvalue weighted by atomic mass is 10.2. The summed E-state index contributed by atoms with van der Waals surface area (Å²) in [5.74, 6) is 0.654. The quantitative estimate of drug-likeness (QED) is 0.549. The summed E-state index contributed by atoms with van der Waals surface area (Å²) in [6.07, 6.45) is 3.24. The van der Waals surface area contributed by atoms with Crippen LogP contribution in [0.3, 0.4) is 0 Å². The Labute approximate surface area is 144 Å². The Hall–Kier alpha value is -2.66. The van der Waals surface area contributed by atoms with Gasteiger partial charge in [-0.05, 0) is 37.3 Å². The fourth-order valence-corrected chi connectivity index (χ4v) is 3.02. The number of hydrogen-bond acceptors (Lipinski definition) is 4. The molecule has 0 saturated heterocycles. The van der Waals surface area contributed by atoms with E-state index in [0.29, 0.717) is 13.2 Å². The fourth-order valence-electron chi connectivity index (χ4n) is 2.14. The van der Waals surface area contributed by atoms with E-state index in [1.807, 2.05) is 55.5 Å². The molecule has 1 aromatic heterocycles. The van der Waals surface area contributed by atoms with Crippen molar-refractivity contribution in [2.45, 2.75) is 6.92 Å². The molecule has 0 radical (unpaired) electrons. The number of thiazole rings is 1. The molecule has 0 atom stereocenters. The van der Waals surface area contributed by atoms with Crippen molar-refractivity contribution in [1.82, 2.24) is 10.3 Å². The summed E-state index contributed by atoms with van der Waals surface area (Å²) in [6.45, 7) is 2.92. The zero-order chi connectivity index (χ0) is 16.8. The molecule has 1 heterocycles. The number of carbonyl (C=O) groups is 1. The van der Waals surface area contributed by atoms with Crippen LogP contribution in [0.15, 0.2) is 54.6 Å². The second kappa shape index (κ2) is 7.75. The van der Waals surface area contributed by atoms with Gasteiger partial charge in [0.2, 0.25) is 5.91 Å². The highest BCUT2D eigenvalue weighted by atomic mass is 32.1. The number of benzene rings is 2. The molecule has 0 fully saturated rings. The first-order valence-corrected chi connectivity index (χ1v) is 8.53. The van der Waals surface area contributed by atoms with Crippen molar-refractivity contribution in [3.63, 3.8) is 0 Å². The molecule has 0 spiro atoms. The van der Waals surface area contributed by atoms with E-state index in [-0.39, 0.29) is 5.91 Å². The number of nitrogens with one attached hydrogen (secondary N) is 1. The monoisotopic (exact) mass is 338 g/mol. The van der Waals surface area contributed by atoms with E-state index in [1.165, 1.54) is 11.6 Å². The van der Waals surface area contributed by atoms with E-state index in [4.69, 9.17) is 4.74 Å².